The van der Waals surface area contributed by atoms with Gasteiger partial charge in [0.2, 0.25) is 0 Å². The van der Waals surface area contributed by atoms with Crippen LogP contribution in [0.4, 0.5) is 0 Å². The summed E-state index contributed by atoms with van der Waals surface area (Å²) in [6.45, 7) is 0. The normalized spacial score (nSPS) is 12.0. The second-order valence-electron chi connectivity index (χ2n) is 1.98. The van der Waals surface area contributed by atoms with Crippen molar-refractivity contribution < 1.29 is 0 Å². The largest absolute Gasteiger partial charge is 0.307 e. The fourth-order valence-corrected chi connectivity index (χ4v) is 1.33. The summed E-state index contributed by atoms with van der Waals surface area (Å²) in [6, 6.07) is 11.6. The highest BCUT2D eigenvalue weighted by Crippen LogP contribution is 2.18. The van der Waals surface area contributed by atoms with Gasteiger partial charge in [0.1, 0.15) is 5.37 Å². The molecule has 3 heteroatoms. The smallest absolute Gasteiger partial charge is 0.144 e. The second-order valence-corrected chi connectivity index (χ2v) is 3.20. The van der Waals surface area contributed by atoms with Crippen LogP contribution >= 0.6 is 11.8 Å². The SMILES string of the molecule is N#CC(N)Sc1ccccc1. The molecule has 1 aromatic carbocycles. The number of hydrogen-bond donors (Lipinski definition) is 1. The number of nitriles is 1. The van der Waals surface area contributed by atoms with E-state index in [0.717, 1.165) is 4.90 Å². The lowest BCUT2D eigenvalue weighted by Crippen LogP contribution is -2.11. The molecule has 0 saturated carbocycles. The van der Waals surface area contributed by atoms with Crippen LogP contribution in [0, 0.1) is 11.3 Å². The van der Waals surface area contributed by atoms with E-state index in [0.29, 0.717) is 0 Å². The molecule has 0 aliphatic heterocycles. The molecule has 0 saturated heterocycles. The average Bonchev–Trinajstić information content (AvgIpc) is 2.06. The topological polar surface area (TPSA) is 49.8 Å². The van der Waals surface area contributed by atoms with Crippen LogP contribution in [-0.2, 0) is 0 Å². The molecule has 0 aromatic heterocycles. The fraction of sp³-hybridized carbons (Fsp3) is 0.125. The van der Waals surface area contributed by atoms with Gasteiger partial charge in [0.15, 0.2) is 0 Å². The van der Waals surface area contributed by atoms with Crippen molar-refractivity contribution in [1.29, 1.82) is 5.26 Å². The molecule has 0 amide bonds. The highest BCUT2D eigenvalue weighted by Gasteiger charge is 1.99. The van der Waals surface area contributed by atoms with Crippen molar-refractivity contribution in [2.24, 2.45) is 5.73 Å². The monoisotopic (exact) mass is 164 g/mol. The maximum atomic E-state index is 8.40. The van der Waals surface area contributed by atoms with Crippen molar-refractivity contribution in [2.45, 2.75) is 10.3 Å². The first-order chi connectivity index (χ1) is 5.33. The highest BCUT2D eigenvalue weighted by atomic mass is 32.2. The van der Waals surface area contributed by atoms with Gasteiger partial charge in [-0.2, -0.15) is 5.26 Å². The van der Waals surface area contributed by atoms with Gasteiger partial charge in [0.25, 0.3) is 0 Å². The molecule has 11 heavy (non-hydrogen) atoms. The fourth-order valence-electron chi connectivity index (χ4n) is 0.672. The van der Waals surface area contributed by atoms with Gasteiger partial charge >= 0.3 is 0 Å². The zero-order valence-electron chi connectivity index (χ0n) is 5.90. The minimum absolute atomic E-state index is 0.461. The van der Waals surface area contributed by atoms with E-state index >= 15 is 0 Å². The van der Waals surface area contributed by atoms with Crippen molar-refractivity contribution in [3.05, 3.63) is 30.3 Å². The summed E-state index contributed by atoms with van der Waals surface area (Å²) in [5, 5.41) is 7.94. The lowest BCUT2D eigenvalue weighted by atomic mass is 10.4. The Bertz CT molecular complexity index is 253. The van der Waals surface area contributed by atoms with Crippen molar-refractivity contribution >= 4 is 11.8 Å². The number of benzene rings is 1. The maximum absolute atomic E-state index is 8.40. The van der Waals surface area contributed by atoms with Crippen molar-refractivity contribution in [1.82, 2.24) is 0 Å². The Labute approximate surface area is 70.0 Å². The molecule has 0 fully saturated rings. The third-order valence-corrected chi connectivity index (χ3v) is 2.04. The molecule has 0 radical (unpaired) electrons. The van der Waals surface area contributed by atoms with Crippen molar-refractivity contribution in [3.8, 4) is 6.07 Å². The van der Waals surface area contributed by atoms with Gasteiger partial charge in [-0.05, 0) is 12.1 Å². The zero-order chi connectivity index (χ0) is 8.10. The number of nitrogens with zero attached hydrogens (tertiary/aromatic N) is 1. The molecule has 0 heterocycles. The molecule has 1 aromatic rings. The van der Waals surface area contributed by atoms with Gasteiger partial charge in [0, 0.05) is 4.90 Å². The lowest BCUT2D eigenvalue weighted by Gasteiger charge is -2.00. The third-order valence-electron chi connectivity index (χ3n) is 1.13. The molecule has 56 valence electrons. The summed E-state index contributed by atoms with van der Waals surface area (Å²) >= 11 is 1.36. The molecule has 2 nitrogen and oxygen atoms in total. The van der Waals surface area contributed by atoms with E-state index in [1.807, 2.05) is 36.4 Å². The van der Waals surface area contributed by atoms with Gasteiger partial charge in [-0.3, -0.25) is 0 Å². The van der Waals surface area contributed by atoms with Crippen LogP contribution in [-0.4, -0.2) is 5.37 Å². The molecule has 1 atom stereocenters. The van der Waals surface area contributed by atoms with Crippen LogP contribution < -0.4 is 5.73 Å². The maximum Gasteiger partial charge on any atom is 0.144 e. The molecule has 2 N–H and O–H groups in total. The lowest BCUT2D eigenvalue weighted by molar-refractivity contribution is 1.16. The minimum Gasteiger partial charge on any atom is -0.307 e. The molecule has 0 aliphatic carbocycles. The van der Waals surface area contributed by atoms with E-state index < -0.39 is 5.37 Å². The van der Waals surface area contributed by atoms with E-state index in [9.17, 15) is 0 Å². The van der Waals surface area contributed by atoms with Gasteiger partial charge in [-0.15, -0.1) is 0 Å². The zero-order valence-corrected chi connectivity index (χ0v) is 6.71. The molecule has 0 aliphatic rings. The predicted molar refractivity (Wildman–Crippen MR) is 45.9 cm³/mol. The van der Waals surface area contributed by atoms with E-state index in [2.05, 4.69) is 0 Å². The highest BCUT2D eigenvalue weighted by molar-refractivity contribution is 8.00. The van der Waals surface area contributed by atoms with Gasteiger partial charge in [-0.1, -0.05) is 30.0 Å². The third kappa shape index (κ3) is 2.62. The van der Waals surface area contributed by atoms with E-state index in [1.165, 1.54) is 11.8 Å². The standard InChI is InChI=1S/C8H8N2S/c9-6-8(10)11-7-4-2-1-3-5-7/h1-5,8H,10H2. The summed E-state index contributed by atoms with van der Waals surface area (Å²) in [5.74, 6) is 0. The number of thioether (sulfide) groups is 1. The first-order valence-corrected chi connectivity index (χ1v) is 4.08. The Morgan fingerprint density at radius 3 is 2.55 bits per heavy atom. The van der Waals surface area contributed by atoms with Crippen LogP contribution in [0.5, 0.6) is 0 Å². The van der Waals surface area contributed by atoms with Crippen LogP contribution in [0.2, 0.25) is 0 Å². The summed E-state index contributed by atoms with van der Waals surface area (Å²) < 4.78 is 0. The van der Waals surface area contributed by atoms with Crippen LogP contribution in [0.25, 0.3) is 0 Å². The van der Waals surface area contributed by atoms with Crippen LogP contribution in [0.1, 0.15) is 0 Å². The number of rotatable bonds is 2. The average molecular weight is 164 g/mol. The number of nitrogens with two attached hydrogens (primary N) is 1. The summed E-state index contributed by atoms with van der Waals surface area (Å²) in [7, 11) is 0. The molecule has 0 bridgehead atoms. The van der Waals surface area contributed by atoms with Crippen LogP contribution in [0.3, 0.4) is 0 Å². The van der Waals surface area contributed by atoms with Crippen molar-refractivity contribution in [2.75, 3.05) is 0 Å². The first-order valence-electron chi connectivity index (χ1n) is 3.20. The van der Waals surface area contributed by atoms with Gasteiger partial charge < -0.3 is 5.73 Å². The Balaban J connectivity index is 2.60. The van der Waals surface area contributed by atoms with Gasteiger partial charge in [-0.25, -0.2) is 0 Å². The quantitative estimate of drug-likeness (QED) is 0.533. The van der Waals surface area contributed by atoms with Crippen LogP contribution in [0.15, 0.2) is 35.2 Å². The Kier molecular flexibility index (Phi) is 2.96. The summed E-state index contributed by atoms with van der Waals surface area (Å²) in [4.78, 5) is 1.03. The molecule has 1 rings (SSSR count). The van der Waals surface area contributed by atoms with Gasteiger partial charge in [0.05, 0.1) is 6.07 Å². The van der Waals surface area contributed by atoms with E-state index in [-0.39, 0.29) is 0 Å². The van der Waals surface area contributed by atoms with Crippen molar-refractivity contribution in [3.63, 3.8) is 0 Å². The van der Waals surface area contributed by atoms with E-state index in [4.69, 9.17) is 11.0 Å². The summed E-state index contributed by atoms with van der Waals surface area (Å²) in [5.41, 5.74) is 5.41. The molecular formula is C8H8N2S. The molecular weight excluding hydrogens is 156 g/mol. The second kappa shape index (κ2) is 4.02. The van der Waals surface area contributed by atoms with E-state index in [1.54, 1.807) is 0 Å². The minimum atomic E-state index is -0.461. The Morgan fingerprint density at radius 1 is 1.36 bits per heavy atom. The number of hydrogen-bond acceptors (Lipinski definition) is 3. The predicted octanol–water partition coefficient (Wildman–Crippen LogP) is 1.59. The Hall–Kier alpha value is -0.980. The summed E-state index contributed by atoms with van der Waals surface area (Å²) in [6.07, 6.45) is 0. The Morgan fingerprint density at radius 2 is 2.00 bits per heavy atom. The first kappa shape index (κ1) is 8.12. The molecule has 1 unspecified atom stereocenters. The molecule has 0 spiro atoms.